The van der Waals surface area contributed by atoms with Gasteiger partial charge in [0.15, 0.2) is 5.82 Å². The third kappa shape index (κ3) is 3.40. The van der Waals surface area contributed by atoms with Gasteiger partial charge in [0.25, 0.3) is 0 Å². The SMILES string of the molecule is C=C/C=C(/c1cccnc1)c1nc(-c2n[nH]c3cnc(-c4cnccn4)cc23)[nH]c1C. The number of hydrogen-bond acceptors (Lipinski definition) is 6. The standard InChI is InChI=1S/C23H18N8/c1-3-5-16(15-6-4-7-24-11-15)21-14(2)28-23(29-21)22-17-10-18(20-12-25-8-9-26-20)27-13-19(17)30-31-22/h3-13H,1H2,2H3,(H,28,29)(H,30,31)/b16-5-. The maximum absolute atomic E-state index is 4.87. The molecule has 8 nitrogen and oxygen atoms in total. The molecule has 0 saturated heterocycles. The number of imidazole rings is 1. The third-order valence-corrected chi connectivity index (χ3v) is 4.89. The van der Waals surface area contributed by atoms with Crippen molar-refractivity contribution in [2.75, 3.05) is 0 Å². The molecule has 5 aromatic heterocycles. The lowest BCUT2D eigenvalue weighted by Gasteiger charge is -2.04. The molecule has 0 aliphatic heterocycles. The maximum atomic E-state index is 4.87. The fraction of sp³-hybridized carbons (Fsp3) is 0.0435. The first kappa shape index (κ1) is 18.6. The van der Waals surface area contributed by atoms with E-state index in [1.54, 1.807) is 37.1 Å². The van der Waals surface area contributed by atoms with Crippen molar-refractivity contribution in [2.24, 2.45) is 0 Å². The molecular formula is C23H18N8. The normalized spacial score (nSPS) is 11.7. The van der Waals surface area contributed by atoms with E-state index in [9.17, 15) is 0 Å². The summed E-state index contributed by atoms with van der Waals surface area (Å²) in [6.45, 7) is 5.83. The molecule has 5 aromatic rings. The summed E-state index contributed by atoms with van der Waals surface area (Å²) in [5, 5.41) is 8.41. The largest absolute Gasteiger partial charge is 0.340 e. The molecule has 0 atom stereocenters. The zero-order valence-electron chi connectivity index (χ0n) is 16.7. The summed E-state index contributed by atoms with van der Waals surface area (Å²) in [6.07, 6.45) is 13.9. The topological polar surface area (TPSA) is 109 Å². The number of aromatic amines is 2. The van der Waals surface area contributed by atoms with Crippen LogP contribution < -0.4 is 0 Å². The predicted molar refractivity (Wildman–Crippen MR) is 119 cm³/mol. The van der Waals surface area contributed by atoms with Gasteiger partial charge in [-0.3, -0.25) is 25.0 Å². The first-order valence-electron chi connectivity index (χ1n) is 9.65. The van der Waals surface area contributed by atoms with Crippen LogP contribution >= 0.6 is 0 Å². The Hall–Kier alpha value is -4.46. The summed E-state index contributed by atoms with van der Waals surface area (Å²) in [7, 11) is 0. The number of aromatic nitrogens is 8. The number of aryl methyl sites for hydroxylation is 1. The lowest BCUT2D eigenvalue weighted by molar-refractivity contribution is 1.10. The van der Waals surface area contributed by atoms with Crippen molar-refractivity contribution in [3.8, 4) is 22.9 Å². The molecule has 0 amide bonds. The highest BCUT2D eigenvalue weighted by Crippen LogP contribution is 2.30. The monoisotopic (exact) mass is 406 g/mol. The second-order valence-corrected chi connectivity index (χ2v) is 6.89. The van der Waals surface area contributed by atoms with Crippen LogP contribution in [0.15, 0.2) is 74.1 Å². The average molecular weight is 406 g/mol. The fourth-order valence-corrected chi connectivity index (χ4v) is 3.46. The van der Waals surface area contributed by atoms with E-state index >= 15 is 0 Å². The van der Waals surface area contributed by atoms with Gasteiger partial charge in [-0.25, -0.2) is 4.98 Å². The number of allylic oxidation sites excluding steroid dienone is 2. The van der Waals surface area contributed by atoms with Gasteiger partial charge in [-0.05, 0) is 19.1 Å². The smallest absolute Gasteiger partial charge is 0.159 e. The molecule has 0 aromatic carbocycles. The van der Waals surface area contributed by atoms with Crippen LogP contribution in [0.2, 0.25) is 0 Å². The number of hydrogen-bond donors (Lipinski definition) is 2. The molecule has 2 N–H and O–H groups in total. The summed E-state index contributed by atoms with van der Waals surface area (Å²) in [6, 6.07) is 5.84. The van der Waals surface area contributed by atoms with Crippen LogP contribution in [0.5, 0.6) is 0 Å². The van der Waals surface area contributed by atoms with Crippen molar-refractivity contribution in [1.29, 1.82) is 0 Å². The summed E-state index contributed by atoms with van der Waals surface area (Å²) in [4.78, 5) is 25.4. The predicted octanol–water partition coefficient (Wildman–Crippen LogP) is 4.13. The van der Waals surface area contributed by atoms with E-state index in [0.717, 1.165) is 33.4 Å². The second kappa shape index (κ2) is 7.75. The quantitative estimate of drug-likeness (QED) is 0.425. The highest BCUT2D eigenvalue weighted by molar-refractivity contribution is 5.93. The van der Waals surface area contributed by atoms with E-state index < -0.39 is 0 Å². The number of rotatable bonds is 5. The van der Waals surface area contributed by atoms with E-state index in [0.29, 0.717) is 22.9 Å². The van der Waals surface area contributed by atoms with Crippen LogP contribution in [0.25, 0.3) is 39.4 Å². The molecule has 0 radical (unpaired) electrons. The molecule has 150 valence electrons. The highest BCUT2D eigenvalue weighted by atomic mass is 15.1. The van der Waals surface area contributed by atoms with Crippen molar-refractivity contribution in [1.82, 2.24) is 40.1 Å². The van der Waals surface area contributed by atoms with E-state index in [-0.39, 0.29) is 0 Å². The van der Waals surface area contributed by atoms with Crippen molar-refractivity contribution >= 4 is 16.5 Å². The molecule has 0 unspecified atom stereocenters. The number of pyridine rings is 2. The van der Waals surface area contributed by atoms with Crippen LogP contribution in [-0.2, 0) is 0 Å². The average Bonchev–Trinajstić information content (AvgIpc) is 3.41. The summed E-state index contributed by atoms with van der Waals surface area (Å²) < 4.78 is 0. The number of nitrogens with one attached hydrogen (secondary N) is 2. The first-order valence-corrected chi connectivity index (χ1v) is 9.65. The molecule has 0 aliphatic carbocycles. The van der Waals surface area contributed by atoms with Crippen molar-refractivity contribution < 1.29 is 0 Å². The lowest BCUT2D eigenvalue weighted by atomic mass is 10.0. The molecule has 0 saturated carbocycles. The minimum Gasteiger partial charge on any atom is -0.340 e. The van der Waals surface area contributed by atoms with E-state index in [1.165, 1.54) is 0 Å². The van der Waals surface area contributed by atoms with Gasteiger partial charge >= 0.3 is 0 Å². The molecule has 31 heavy (non-hydrogen) atoms. The Morgan fingerprint density at radius 1 is 1.03 bits per heavy atom. The minimum absolute atomic E-state index is 0.661. The number of H-pyrrole nitrogens is 2. The molecule has 0 spiro atoms. The van der Waals surface area contributed by atoms with Crippen LogP contribution in [-0.4, -0.2) is 40.1 Å². The van der Waals surface area contributed by atoms with Gasteiger partial charge in [-0.15, -0.1) is 0 Å². The van der Waals surface area contributed by atoms with Crippen molar-refractivity contribution in [3.05, 3.63) is 91.1 Å². The zero-order valence-corrected chi connectivity index (χ0v) is 16.7. The number of fused-ring (bicyclic) bond motifs is 1. The molecule has 5 rings (SSSR count). The zero-order chi connectivity index (χ0) is 21.2. The molecule has 5 heterocycles. The molecular weight excluding hydrogens is 388 g/mol. The highest BCUT2D eigenvalue weighted by Gasteiger charge is 2.18. The van der Waals surface area contributed by atoms with Gasteiger partial charge in [0.2, 0.25) is 0 Å². The second-order valence-electron chi connectivity index (χ2n) is 6.89. The molecule has 0 fully saturated rings. The molecule has 8 heteroatoms. The maximum Gasteiger partial charge on any atom is 0.159 e. The summed E-state index contributed by atoms with van der Waals surface area (Å²) in [5.74, 6) is 0.661. The van der Waals surface area contributed by atoms with Crippen molar-refractivity contribution in [3.63, 3.8) is 0 Å². The Labute approximate surface area is 177 Å². The van der Waals surface area contributed by atoms with Crippen LogP contribution in [0.1, 0.15) is 17.0 Å². The summed E-state index contributed by atoms with van der Waals surface area (Å²) in [5.41, 5.74) is 6.58. The summed E-state index contributed by atoms with van der Waals surface area (Å²) >= 11 is 0. The van der Waals surface area contributed by atoms with E-state index in [1.807, 2.05) is 37.4 Å². The Balaban J connectivity index is 1.62. The first-order chi connectivity index (χ1) is 15.2. The van der Waals surface area contributed by atoms with Gasteiger partial charge in [0, 0.05) is 47.0 Å². The van der Waals surface area contributed by atoms with Crippen LogP contribution in [0, 0.1) is 6.92 Å². The third-order valence-electron chi connectivity index (χ3n) is 4.89. The van der Waals surface area contributed by atoms with Crippen LogP contribution in [0.4, 0.5) is 0 Å². The number of nitrogens with zero attached hydrogens (tertiary/aromatic N) is 6. The van der Waals surface area contributed by atoms with E-state index in [2.05, 4.69) is 41.7 Å². The van der Waals surface area contributed by atoms with Crippen LogP contribution in [0.3, 0.4) is 0 Å². The Kier molecular flexibility index (Phi) is 4.64. The van der Waals surface area contributed by atoms with Gasteiger partial charge in [-0.1, -0.05) is 24.8 Å². The van der Waals surface area contributed by atoms with Gasteiger partial charge < -0.3 is 4.98 Å². The minimum atomic E-state index is 0.661. The Morgan fingerprint density at radius 2 is 1.94 bits per heavy atom. The molecule has 0 bridgehead atoms. The van der Waals surface area contributed by atoms with Gasteiger partial charge in [0.05, 0.1) is 29.3 Å². The van der Waals surface area contributed by atoms with Gasteiger partial charge in [-0.2, -0.15) is 5.10 Å². The molecule has 0 aliphatic rings. The Bertz CT molecular complexity index is 1400. The van der Waals surface area contributed by atoms with Gasteiger partial charge in [0.1, 0.15) is 11.4 Å². The van der Waals surface area contributed by atoms with E-state index in [4.69, 9.17) is 4.98 Å². The fourth-order valence-electron chi connectivity index (χ4n) is 3.46. The lowest BCUT2D eigenvalue weighted by Crippen LogP contribution is -1.92. The van der Waals surface area contributed by atoms with Crippen molar-refractivity contribution in [2.45, 2.75) is 6.92 Å². The Morgan fingerprint density at radius 3 is 2.71 bits per heavy atom.